The molecule has 1 heterocycles. The molecular formula is C16H14FNO2. The summed E-state index contributed by atoms with van der Waals surface area (Å²) < 4.78 is 13.7. The van der Waals surface area contributed by atoms with Gasteiger partial charge < -0.3 is 10.4 Å². The Morgan fingerprint density at radius 2 is 2.00 bits per heavy atom. The standard InChI is InChI=1S/C16H14FNO2/c1-9-12-8-10(6-7-14(12)18-16(9)20)15(19)11-4-2-3-5-13(11)17/h2-9,15,19H,1H3,(H,18,20). The van der Waals surface area contributed by atoms with E-state index in [4.69, 9.17) is 0 Å². The summed E-state index contributed by atoms with van der Waals surface area (Å²) in [5.41, 5.74) is 2.41. The second-order valence-corrected chi connectivity index (χ2v) is 4.98. The summed E-state index contributed by atoms with van der Waals surface area (Å²) in [7, 11) is 0. The van der Waals surface area contributed by atoms with Crippen LogP contribution in [-0.4, -0.2) is 11.0 Å². The number of rotatable bonds is 2. The second-order valence-electron chi connectivity index (χ2n) is 4.98. The van der Waals surface area contributed by atoms with Gasteiger partial charge in [0.2, 0.25) is 5.91 Å². The number of hydrogen-bond donors (Lipinski definition) is 2. The summed E-state index contributed by atoms with van der Waals surface area (Å²) in [5.74, 6) is -0.752. The molecule has 4 heteroatoms. The second kappa shape index (κ2) is 4.72. The minimum absolute atomic E-state index is 0.0578. The Labute approximate surface area is 116 Å². The van der Waals surface area contributed by atoms with Gasteiger partial charge in [0.15, 0.2) is 0 Å². The van der Waals surface area contributed by atoms with Crippen LogP contribution in [0.2, 0.25) is 0 Å². The third-order valence-corrected chi connectivity index (χ3v) is 3.71. The third kappa shape index (κ3) is 1.98. The van der Waals surface area contributed by atoms with Crippen molar-refractivity contribution in [1.82, 2.24) is 0 Å². The molecule has 102 valence electrons. The van der Waals surface area contributed by atoms with Gasteiger partial charge in [-0.25, -0.2) is 4.39 Å². The number of carbonyl (C=O) groups is 1. The largest absolute Gasteiger partial charge is 0.384 e. The van der Waals surface area contributed by atoms with Gasteiger partial charge in [0, 0.05) is 11.3 Å². The molecule has 2 unspecified atom stereocenters. The first kappa shape index (κ1) is 12.8. The van der Waals surface area contributed by atoms with Gasteiger partial charge in [-0.15, -0.1) is 0 Å². The van der Waals surface area contributed by atoms with Crippen LogP contribution in [-0.2, 0) is 4.79 Å². The molecule has 20 heavy (non-hydrogen) atoms. The molecule has 1 aliphatic rings. The van der Waals surface area contributed by atoms with E-state index >= 15 is 0 Å². The van der Waals surface area contributed by atoms with Crippen LogP contribution >= 0.6 is 0 Å². The van der Waals surface area contributed by atoms with Gasteiger partial charge in [0.1, 0.15) is 11.9 Å². The molecule has 0 saturated heterocycles. The maximum Gasteiger partial charge on any atom is 0.231 e. The summed E-state index contributed by atoms with van der Waals surface area (Å²) in [4.78, 5) is 11.6. The smallest absolute Gasteiger partial charge is 0.231 e. The topological polar surface area (TPSA) is 49.3 Å². The van der Waals surface area contributed by atoms with E-state index in [2.05, 4.69) is 5.32 Å². The maximum atomic E-state index is 13.7. The van der Waals surface area contributed by atoms with E-state index in [1.807, 2.05) is 0 Å². The Kier molecular flexibility index (Phi) is 3.03. The number of aliphatic hydroxyl groups excluding tert-OH is 1. The van der Waals surface area contributed by atoms with Gasteiger partial charge in [0.25, 0.3) is 0 Å². The highest BCUT2D eigenvalue weighted by Crippen LogP contribution is 2.35. The highest BCUT2D eigenvalue weighted by molar-refractivity contribution is 6.02. The number of nitrogens with one attached hydrogen (secondary N) is 1. The molecule has 0 aliphatic carbocycles. The number of amides is 1. The van der Waals surface area contributed by atoms with Crippen LogP contribution < -0.4 is 5.32 Å². The summed E-state index contributed by atoms with van der Waals surface area (Å²) >= 11 is 0. The van der Waals surface area contributed by atoms with Crippen molar-refractivity contribution in [3.63, 3.8) is 0 Å². The Balaban J connectivity index is 2.00. The average molecular weight is 271 g/mol. The first-order valence-corrected chi connectivity index (χ1v) is 6.45. The Morgan fingerprint density at radius 3 is 2.75 bits per heavy atom. The SMILES string of the molecule is CC1C(=O)Nc2ccc(C(O)c3ccccc3F)cc21. The van der Waals surface area contributed by atoms with Crippen molar-refractivity contribution in [3.05, 3.63) is 65.0 Å². The van der Waals surface area contributed by atoms with Gasteiger partial charge in [-0.3, -0.25) is 4.79 Å². The molecule has 2 N–H and O–H groups in total. The fourth-order valence-corrected chi connectivity index (χ4v) is 2.48. The zero-order valence-electron chi connectivity index (χ0n) is 10.9. The normalized spacial score (nSPS) is 18.6. The zero-order valence-corrected chi connectivity index (χ0v) is 10.9. The number of halogens is 1. The highest BCUT2D eigenvalue weighted by Gasteiger charge is 2.27. The fraction of sp³-hybridized carbons (Fsp3) is 0.188. The lowest BCUT2D eigenvalue weighted by Gasteiger charge is -2.14. The molecule has 2 aromatic carbocycles. The maximum absolute atomic E-state index is 13.7. The minimum Gasteiger partial charge on any atom is -0.384 e. The molecule has 1 amide bonds. The summed E-state index contributed by atoms with van der Waals surface area (Å²) in [6.45, 7) is 1.81. The Hall–Kier alpha value is -2.20. The first-order valence-electron chi connectivity index (χ1n) is 6.45. The Morgan fingerprint density at radius 1 is 1.25 bits per heavy atom. The molecule has 3 nitrogen and oxygen atoms in total. The average Bonchev–Trinajstić information content (AvgIpc) is 2.74. The number of hydrogen-bond acceptors (Lipinski definition) is 2. The van der Waals surface area contributed by atoms with Crippen molar-refractivity contribution >= 4 is 11.6 Å². The predicted octanol–water partition coefficient (Wildman–Crippen LogP) is 2.96. The summed E-state index contributed by atoms with van der Waals surface area (Å²) in [6, 6.07) is 11.3. The van der Waals surface area contributed by atoms with Gasteiger partial charge >= 0.3 is 0 Å². The van der Waals surface area contributed by atoms with Crippen LogP contribution in [0.1, 0.15) is 35.6 Å². The van der Waals surface area contributed by atoms with Crippen LogP contribution in [0.3, 0.4) is 0 Å². The van der Waals surface area contributed by atoms with Crippen molar-refractivity contribution in [1.29, 1.82) is 0 Å². The van der Waals surface area contributed by atoms with Gasteiger partial charge in [-0.1, -0.05) is 24.3 Å². The third-order valence-electron chi connectivity index (χ3n) is 3.71. The van der Waals surface area contributed by atoms with E-state index in [9.17, 15) is 14.3 Å². The van der Waals surface area contributed by atoms with Crippen molar-refractivity contribution in [2.24, 2.45) is 0 Å². The predicted molar refractivity (Wildman–Crippen MR) is 73.9 cm³/mol. The molecular weight excluding hydrogens is 257 g/mol. The molecule has 3 rings (SSSR count). The van der Waals surface area contributed by atoms with E-state index in [1.54, 1.807) is 43.3 Å². The minimum atomic E-state index is -1.04. The number of fused-ring (bicyclic) bond motifs is 1. The zero-order chi connectivity index (χ0) is 14.3. The van der Waals surface area contributed by atoms with Gasteiger partial charge in [-0.05, 0) is 36.2 Å². The van der Waals surface area contributed by atoms with E-state index in [1.165, 1.54) is 6.07 Å². The van der Waals surface area contributed by atoms with Crippen molar-refractivity contribution in [3.8, 4) is 0 Å². The Bertz CT molecular complexity index is 684. The molecule has 0 aromatic heterocycles. The monoisotopic (exact) mass is 271 g/mol. The highest BCUT2D eigenvalue weighted by atomic mass is 19.1. The van der Waals surface area contributed by atoms with Crippen LogP contribution in [0.5, 0.6) is 0 Å². The molecule has 0 saturated carbocycles. The molecule has 0 radical (unpaired) electrons. The number of carbonyl (C=O) groups excluding carboxylic acids is 1. The van der Waals surface area contributed by atoms with Gasteiger partial charge in [0.05, 0.1) is 5.92 Å². The lowest BCUT2D eigenvalue weighted by Crippen LogP contribution is -2.08. The van der Waals surface area contributed by atoms with Crippen LogP contribution in [0.25, 0.3) is 0 Å². The van der Waals surface area contributed by atoms with E-state index < -0.39 is 11.9 Å². The fourth-order valence-electron chi connectivity index (χ4n) is 2.48. The van der Waals surface area contributed by atoms with Crippen molar-refractivity contribution in [2.45, 2.75) is 18.9 Å². The number of anilines is 1. The number of aliphatic hydroxyl groups is 1. The number of benzene rings is 2. The first-order chi connectivity index (χ1) is 9.58. The van der Waals surface area contributed by atoms with Crippen molar-refractivity contribution < 1.29 is 14.3 Å². The van der Waals surface area contributed by atoms with E-state index in [0.29, 0.717) is 5.56 Å². The van der Waals surface area contributed by atoms with E-state index in [-0.39, 0.29) is 17.4 Å². The quantitative estimate of drug-likeness (QED) is 0.882. The molecule has 0 bridgehead atoms. The molecule has 1 aliphatic heterocycles. The van der Waals surface area contributed by atoms with Crippen LogP contribution in [0.4, 0.5) is 10.1 Å². The summed E-state index contributed by atoms with van der Waals surface area (Å²) in [6.07, 6.45) is -1.04. The molecule has 0 fully saturated rings. The lowest BCUT2D eigenvalue weighted by molar-refractivity contribution is -0.116. The molecule has 0 spiro atoms. The molecule has 2 aromatic rings. The summed E-state index contributed by atoms with van der Waals surface area (Å²) in [5, 5.41) is 13.1. The lowest BCUT2D eigenvalue weighted by atomic mass is 9.95. The van der Waals surface area contributed by atoms with Crippen LogP contribution in [0, 0.1) is 5.82 Å². The van der Waals surface area contributed by atoms with E-state index in [0.717, 1.165) is 11.3 Å². The van der Waals surface area contributed by atoms with Gasteiger partial charge in [-0.2, -0.15) is 0 Å². The molecule has 2 atom stereocenters. The van der Waals surface area contributed by atoms with Crippen molar-refractivity contribution in [2.75, 3.05) is 5.32 Å². The van der Waals surface area contributed by atoms with Crippen LogP contribution in [0.15, 0.2) is 42.5 Å².